The average molecular weight is 262 g/mol. The van der Waals surface area contributed by atoms with Gasteiger partial charge in [-0.1, -0.05) is 17.7 Å². The van der Waals surface area contributed by atoms with E-state index in [0.29, 0.717) is 10.7 Å². The van der Waals surface area contributed by atoms with E-state index in [-0.39, 0.29) is 11.9 Å². The van der Waals surface area contributed by atoms with Gasteiger partial charge in [0, 0.05) is 6.04 Å². The molecule has 1 atom stereocenters. The normalized spacial score (nSPS) is 12.1. The number of aromatic nitrogens is 3. The zero-order valence-electron chi connectivity index (χ0n) is 10.1. The van der Waals surface area contributed by atoms with Crippen LogP contribution in [0, 0.1) is 11.3 Å². The molecule has 0 saturated carbocycles. The molecule has 92 valence electrons. The highest BCUT2D eigenvalue weighted by atomic mass is 35.5. The molecule has 5 nitrogen and oxygen atoms in total. The largest absolute Gasteiger partial charge is 0.313 e. The van der Waals surface area contributed by atoms with E-state index in [2.05, 4.69) is 22.3 Å². The van der Waals surface area contributed by atoms with E-state index >= 15 is 0 Å². The minimum absolute atomic E-state index is 0.124. The molecule has 0 aliphatic carbocycles. The number of nitriles is 1. The van der Waals surface area contributed by atoms with Gasteiger partial charge in [0.2, 0.25) is 0 Å². The van der Waals surface area contributed by atoms with Crippen molar-refractivity contribution in [2.24, 2.45) is 0 Å². The Bertz CT molecular complexity index is 599. The van der Waals surface area contributed by atoms with Gasteiger partial charge >= 0.3 is 0 Å². The van der Waals surface area contributed by atoms with Crippen molar-refractivity contribution in [1.82, 2.24) is 20.1 Å². The highest BCUT2D eigenvalue weighted by Crippen LogP contribution is 2.24. The van der Waals surface area contributed by atoms with Crippen LogP contribution in [0.25, 0.3) is 5.69 Å². The molecule has 0 aliphatic heterocycles. The topological polar surface area (TPSA) is 66.5 Å². The van der Waals surface area contributed by atoms with Crippen molar-refractivity contribution in [1.29, 1.82) is 5.26 Å². The second kappa shape index (κ2) is 5.17. The second-order valence-corrected chi connectivity index (χ2v) is 4.25. The fraction of sp³-hybridized carbons (Fsp3) is 0.250. The predicted octanol–water partition coefficient (Wildman–Crippen LogP) is 2.07. The van der Waals surface area contributed by atoms with Gasteiger partial charge in [-0.25, -0.2) is 9.67 Å². The molecule has 1 aromatic heterocycles. The first-order valence-electron chi connectivity index (χ1n) is 5.44. The Morgan fingerprint density at radius 3 is 2.83 bits per heavy atom. The van der Waals surface area contributed by atoms with E-state index in [1.54, 1.807) is 0 Å². The Kier molecular flexibility index (Phi) is 3.60. The maximum Gasteiger partial charge on any atom is 0.252 e. The van der Waals surface area contributed by atoms with Crippen LogP contribution in [-0.2, 0) is 0 Å². The van der Waals surface area contributed by atoms with Gasteiger partial charge in [0.15, 0.2) is 0 Å². The summed E-state index contributed by atoms with van der Waals surface area (Å²) in [6, 6.07) is 7.81. The van der Waals surface area contributed by atoms with Gasteiger partial charge in [0.05, 0.1) is 10.7 Å². The number of rotatable bonds is 3. The van der Waals surface area contributed by atoms with Gasteiger partial charge in [-0.2, -0.15) is 5.26 Å². The molecule has 0 amide bonds. The van der Waals surface area contributed by atoms with E-state index in [9.17, 15) is 0 Å². The summed E-state index contributed by atoms with van der Waals surface area (Å²) in [6.07, 6.45) is 1.47. The zero-order valence-corrected chi connectivity index (χ0v) is 10.8. The van der Waals surface area contributed by atoms with Crippen LogP contribution in [-0.4, -0.2) is 21.8 Å². The SMILES string of the molecule is CNC(C)c1ccc(-n2cnc(C#N)n2)c(Cl)c1. The summed E-state index contributed by atoms with van der Waals surface area (Å²) >= 11 is 6.22. The molecule has 0 fully saturated rings. The molecule has 0 bridgehead atoms. The molecule has 0 spiro atoms. The molecular weight excluding hydrogens is 250 g/mol. The van der Waals surface area contributed by atoms with E-state index < -0.39 is 0 Å². The third-order valence-electron chi connectivity index (χ3n) is 2.74. The predicted molar refractivity (Wildman–Crippen MR) is 68.6 cm³/mol. The first-order chi connectivity index (χ1) is 8.65. The van der Waals surface area contributed by atoms with Gasteiger partial charge in [0.25, 0.3) is 5.82 Å². The summed E-state index contributed by atoms with van der Waals surface area (Å²) in [5.41, 5.74) is 1.80. The van der Waals surface area contributed by atoms with Crippen molar-refractivity contribution in [3.8, 4) is 11.8 Å². The fourth-order valence-electron chi connectivity index (χ4n) is 1.58. The van der Waals surface area contributed by atoms with Crippen LogP contribution in [0.15, 0.2) is 24.5 Å². The third-order valence-corrected chi connectivity index (χ3v) is 3.05. The second-order valence-electron chi connectivity index (χ2n) is 3.85. The minimum Gasteiger partial charge on any atom is -0.313 e. The van der Waals surface area contributed by atoms with Gasteiger partial charge in [-0.05, 0) is 31.7 Å². The van der Waals surface area contributed by atoms with Gasteiger partial charge < -0.3 is 5.32 Å². The summed E-state index contributed by atoms with van der Waals surface area (Å²) in [5, 5.41) is 16.4. The number of benzene rings is 1. The minimum atomic E-state index is 0.124. The van der Waals surface area contributed by atoms with Crippen LogP contribution in [0.1, 0.15) is 24.4 Å². The van der Waals surface area contributed by atoms with Crippen molar-refractivity contribution in [3.63, 3.8) is 0 Å². The van der Waals surface area contributed by atoms with E-state index in [1.807, 2.05) is 31.3 Å². The summed E-state index contributed by atoms with van der Waals surface area (Å²) < 4.78 is 1.49. The molecule has 0 saturated heterocycles. The maximum atomic E-state index is 8.69. The molecule has 0 radical (unpaired) electrons. The van der Waals surface area contributed by atoms with Crippen LogP contribution in [0.3, 0.4) is 0 Å². The smallest absolute Gasteiger partial charge is 0.252 e. The molecule has 0 aliphatic rings. The summed E-state index contributed by atoms with van der Waals surface area (Å²) in [7, 11) is 1.89. The molecule has 1 heterocycles. The van der Waals surface area contributed by atoms with Crippen molar-refractivity contribution in [2.45, 2.75) is 13.0 Å². The Labute approximate surface area is 110 Å². The Balaban J connectivity index is 2.38. The van der Waals surface area contributed by atoms with Crippen LogP contribution in [0.4, 0.5) is 0 Å². The third kappa shape index (κ3) is 2.35. The molecule has 18 heavy (non-hydrogen) atoms. The molecule has 1 N–H and O–H groups in total. The number of nitrogens with one attached hydrogen (secondary N) is 1. The molecule has 2 rings (SSSR count). The highest BCUT2D eigenvalue weighted by molar-refractivity contribution is 6.32. The number of halogens is 1. The number of hydrogen-bond acceptors (Lipinski definition) is 4. The average Bonchev–Trinajstić information content (AvgIpc) is 2.86. The summed E-state index contributed by atoms with van der Waals surface area (Å²) in [6.45, 7) is 2.05. The van der Waals surface area contributed by atoms with E-state index in [4.69, 9.17) is 16.9 Å². The first kappa shape index (κ1) is 12.6. The first-order valence-corrected chi connectivity index (χ1v) is 5.82. The van der Waals surface area contributed by atoms with Crippen molar-refractivity contribution >= 4 is 11.6 Å². The molecule has 1 unspecified atom stereocenters. The quantitative estimate of drug-likeness (QED) is 0.919. The molecular formula is C12H12ClN5. The lowest BCUT2D eigenvalue weighted by atomic mass is 10.1. The lowest BCUT2D eigenvalue weighted by Crippen LogP contribution is -2.12. The Morgan fingerprint density at radius 1 is 1.50 bits per heavy atom. The number of nitrogens with zero attached hydrogens (tertiary/aromatic N) is 4. The van der Waals surface area contributed by atoms with Crippen LogP contribution in [0.5, 0.6) is 0 Å². The van der Waals surface area contributed by atoms with Crippen LogP contribution >= 0.6 is 11.6 Å². The Morgan fingerprint density at radius 2 is 2.28 bits per heavy atom. The highest BCUT2D eigenvalue weighted by Gasteiger charge is 2.09. The standard InChI is InChI=1S/C12H12ClN5/c1-8(15-2)9-3-4-11(10(13)5-9)18-7-16-12(6-14)17-18/h3-5,7-8,15H,1-2H3. The van der Waals surface area contributed by atoms with Crippen LogP contribution in [0.2, 0.25) is 5.02 Å². The number of hydrogen-bond donors (Lipinski definition) is 1. The van der Waals surface area contributed by atoms with E-state index in [0.717, 1.165) is 5.56 Å². The molecule has 2 aromatic rings. The van der Waals surface area contributed by atoms with Gasteiger partial charge in [-0.3, -0.25) is 0 Å². The monoisotopic (exact) mass is 261 g/mol. The zero-order chi connectivity index (χ0) is 13.1. The summed E-state index contributed by atoms with van der Waals surface area (Å²) in [4.78, 5) is 3.85. The fourth-order valence-corrected chi connectivity index (χ4v) is 1.85. The lowest BCUT2D eigenvalue weighted by molar-refractivity contribution is 0.652. The van der Waals surface area contributed by atoms with Crippen molar-refractivity contribution in [3.05, 3.63) is 40.9 Å². The maximum absolute atomic E-state index is 8.69. The van der Waals surface area contributed by atoms with Crippen molar-refractivity contribution < 1.29 is 0 Å². The van der Waals surface area contributed by atoms with Gasteiger partial charge in [-0.15, -0.1) is 5.10 Å². The molecule has 1 aromatic carbocycles. The van der Waals surface area contributed by atoms with E-state index in [1.165, 1.54) is 11.0 Å². The molecule has 6 heteroatoms. The van der Waals surface area contributed by atoms with Crippen molar-refractivity contribution in [2.75, 3.05) is 7.05 Å². The van der Waals surface area contributed by atoms with Gasteiger partial charge in [0.1, 0.15) is 12.4 Å². The lowest BCUT2D eigenvalue weighted by Gasteiger charge is -2.12. The van der Waals surface area contributed by atoms with Crippen LogP contribution < -0.4 is 5.32 Å². The summed E-state index contributed by atoms with van der Waals surface area (Å²) in [5.74, 6) is 0.124. The Hall–Kier alpha value is -1.90.